The second kappa shape index (κ2) is 5.78. The van der Waals surface area contributed by atoms with Crippen molar-refractivity contribution in [2.24, 2.45) is 23.2 Å². The van der Waals surface area contributed by atoms with Crippen molar-refractivity contribution in [2.75, 3.05) is 0 Å². The lowest BCUT2D eigenvalue weighted by Crippen LogP contribution is -2.39. The molecule has 0 aromatic rings. The molecule has 2 heteroatoms. The number of aliphatic hydroxyl groups is 1. The molecule has 0 aromatic heterocycles. The summed E-state index contributed by atoms with van der Waals surface area (Å²) in [6.45, 7) is 6.43. The van der Waals surface area contributed by atoms with Crippen LogP contribution in [0.3, 0.4) is 0 Å². The highest BCUT2D eigenvalue weighted by atomic mass is 16.3. The highest BCUT2D eigenvalue weighted by Gasteiger charge is 2.51. The molecule has 0 amide bonds. The Labute approximate surface area is 117 Å². The largest absolute Gasteiger partial charge is 0.393 e. The van der Waals surface area contributed by atoms with Crippen LogP contribution in [0.1, 0.15) is 59.3 Å². The number of carbonyl (C=O) groups excluding carboxylic acids is 1. The van der Waals surface area contributed by atoms with Crippen molar-refractivity contribution >= 4 is 5.78 Å². The topological polar surface area (TPSA) is 37.3 Å². The summed E-state index contributed by atoms with van der Waals surface area (Å²) in [5, 5.41) is 9.31. The quantitative estimate of drug-likeness (QED) is 0.785. The van der Waals surface area contributed by atoms with E-state index in [-0.39, 0.29) is 11.5 Å². The molecule has 0 spiro atoms. The highest BCUT2D eigenvalue weighted by Crippen LogP contribution is 2.56. The standard InChI is InChI=1S/C17H28O2/c1-12(6-4-7-13(2)18)14-9-10-15-16(19)8-5-11-17(14,15)3/h4,6,12-15,18H,5,7-11H2,1-3H3/b6-4+/t12-,13+,14+,15-,17+/m0/s1. The number of fused-ring (bicyclic) bond motifs is 1. The van der Waals surface area contributed by atoms with Gasteiger partial charge in [-0.1, -0.05) is 26.0 Å². The lowest BCUT2D eigenvalue weighted by atomic mass is 9.62. The maximum Gasteiger partial charge on any atom is 0.136 e. The van der Waals surface area contributed by atoms with Crippen LogP contribution in [0.15, 0.2) is 12.2 Å². The van der Waals surface area contributed by atoms with E-state index in [0.29, 0.717) is 23.5 Å². The minimum absolute atomic E-state index is 0.226. The maximum absolute atomic E-state index is 12.1. The van der Waals surface area contributed by atoms with Crippen molar-refractivity contribution in [1.29, 1.82) is 0 Å². The second-order valence-electron chi connectivity index (χ2n) is 6.93. The minimum atomic E-state index is -0.258. The van der Waals surface area contributed by atoms with E-state index in [0.717, 1.165) is 25.7 Å². The first-order chi connectivity index (χ1) is 8.95. The zero-order chi connectivity index (χ0) is 14.0. The van der Waals surface area contributed by atoms with E-state index < -0.39 is 0 Å². The molecule has 108 valence electrons. The van der Waals surface area contributed by atoms with Gasteiger partial charge in [0.1, 0.15) is 5.78 Å². The molecule has 0 aliphatic heterocycles. The fraction of sp³-hybridized carbons (Fsp3) is 0.824. The summed E-state index contributed by atoms with van der Waals surface area (Å²) in [6, 6.07) is 0. The Kier molecular flexibility index (Phi) is 4.50. The molecular formula is C17H28O2. The first-order valence-corrected chi connectivity index (χ1v) is 7.82. The fourth-order valence-corrected chi connectivity index (χ4v) is 4.46. The molecule has 2 fully saturated rings. The van der Waals surface area contributed by atoms with Crippen LogP contribution < -0.4 is 0 Å². The molecule has 5 atom stereocenters. The van der Waals surface area contributed by atoms with E-state index in [9.17, 15) is 9.90 Å². The number of Topliss-reactive ketones (excluding diaryl/α,β-unsaturated/α-hetero) is 1. The minimum Gasteiger partial charge on any atom is -0.393 e. The van der Waals surface area contributed by atoms with E-state index in [1.54, 1.807) is 0 Å². The van der Waals surface area contributed by atoms with Crippen molar-refractivity contribution < 1.29 is 9.90 Å². The van der Waals surface area contributed by atoms with Crippen molar-refractivity contribution in [1.82, 2.24) is 0 Å². The number of hydrogen-bond acceptors (Lipinski definition) is 2. The number of hydrogen-bond donors (Lipinski definition) is 1. The summed E-state index contributed by atoms with van der Waals surface area (Å²) in [4.78, 5) is 12.1. The first kappa shape index (κ1) is 14.8. The molecule has 2 saturated carbocycles. The summed E-state index contributed by atoms with van der Waals surface area (Å²) in [5.74, 6) is 1.97. The molecule has 0 aromatic carbocycles. The first-order valence-electron chi connectivity index (χ1n) is 7.82. The van der Waals surface area contributed by atoms with Crippen LogP contribution in [-0.4, -0.2) is 17.0 Å². The van der Waals surface area contributed by atoms with Gasteiger partial charge in [-0.25, -0.2) is 0 Å². The number of allylic oxidation sites excluding steroid dienone is 1. The molecule has 2 nitrogen and oxygen atoms in total. The third kappa shape index (κ3) is 2.94. The Morgan fingerprint density at radius 3 is 2.84 bits per heavy atom. The molecule has 0 bridgehead atoms. The molecule has 0 heterocycles. The van der Waals surface area contributed by atoms with E-state index >= 15 is 0 Å². The molecule has 0 unspecified atom stereocenters. The Morgan fingerprint density at radius 1 is 1.42 bits per heavy atom. The van der Waals surface area contributed by atoms with E-state index in [2.05, 4.69) is 26.0 Å². The zero-order valence-electron chi connectivity index (χ0n) is 12.6. The van der Waals surface area contributed by atoms with Crippen LogP contribution in [0.5, 0.6) is 0 Å². The summed E-state index contributed by atoms with van der Waals surface area (Å²) >= 11 is 0. The predicted octanol–water partition coefficient (Wildman–Crippen LogP) is 3.74. The Balaban J connectivity index is 2.04. The molecular weight excluding hydrogens is 236 g/mol. The molecule has 0 saturated heterocycles. The van der Waals surface area contributed by atoms with Crippen LogP contribution in [0.2, 0.25) is 0 Å². The van der Waals surface area contributed by atoms with Gasteiger partial charge in [0.05, 0.1) is 6.10 Å². The van der Waals surface area contributed by atoms with Gasteiger partial charge < -0.3 is 5.11 Å². The van der Waals surface area contributed by atoms with Crippen molar-refractivity contribution in [2.45, 2.75) is 65.4 Å². The monoisotopic (exact) mass is 264 g/mol. The summed E-state index contributed by atoms with van der Waals surface area (Å²) in [7, 11) is 0. The average molecular weight is 264 g/mol. The molecule has 1 N–H and O–H groups in total. The van der Waals surface area contributed by atoms with E-state index in [1.807, 2.05) is 6.92 Å². The second-order valence-corrected chi connectivity index (χ2v) is 6.93. The Hall–Kier alpha value is -0.630. The third-order valence-corrected chi connectivity index (χ3v) is 5.49. The van der Waals surface area contributed by atoms with Gasteiger partial charge >= 0.3 is 0 Å². The van der Waals surface area contributed by atoms with Crippen LogP contribution in [0.25, 0.3) is 0 Å². The van der Waals surface area contributed by atoms with Gasteiger partial charge in [-0.3, -0.25) is 4.79 Å². The highest BCUT2D eigenvalue weighted by molar-refractivity contribution is 5.83. The van der Waals surface area contributed by atoms with Gasteiger partial charge in [0.2, 0.25) is 0 Å². The number of ketones is 1. The van der Waals surface area contributed by atoms with Crippen molar-refractivity contribution in [3.63, 3.8) is 0 Å². The Bertz CT molecular complexity index is 358. The predicted molar refractivity (Wildman–Crippen MR) is 77.8 cm³/mol. The Morgan fingerprint density at radius 2 is 2.16 bits per heavy atom. The molecule has 2 aliphatic carbocycles. The van der Waals surface area contributed by atoms with Gasteiger partial charge in [0.15, 0.2) is 0 Å². The van der Waals surface area contributed by atoms with Gasteiger partial charge in [-0.2, -0.15) is 0 Å². The zero-order valence-corrected chi connectivity index (χ0v) is 12.6. The average Bonchev–Trinajstić information content (AvgIpc) is 2.67. The SMILES string of the molecule is C[C@@H](O)C/C=C/[C@H](C)[C@H]1CC[C@H]2C(=O)CCC[C@]12C. The van der Waals surface area contributed by atoms with E-state index in [4.69, 9.17) is 0 Å². The normalized spacial score (nSPS) is 38.4. The summed E-state index contributed by atoms with van der Waals surface area (Å²) in [6.07, 6.45) is 10.2. The van der Waals surface area contributed by atoms with E-state index in [1.165, 1.54) is 12.8 Å². The van der Waals surface area contributed by atoms with Gasteiger partial charge in [-0.15, -0.1) is 0 Å². The lowest BCUT2D eigenvalue weighted by Gasteiger charge is -2.41. The number of carbonyl (C=O) groups is 1. The number of aliphatic hydroxyl groups excluding tert-OH is 1. The van der Waals surface area contributed by atoms with Crippen LogP contribution in [0, 0.1) is 23.2 Å². The van der Waals surface area contributed by atoms with Crippen molar-refractivity contribution in [3.05, 3.63) is 12.2 Å². The molecule has 2 aliphatic rings. The fourth-order valence-electron chi connectivity index (χ4n) is 4.46. The number of rotatable bonds is 4. The van der Waals surface area contributed by atoms with Gasteiger partial charge in [0.25, 0.3) is 0 Å². The van der Waals surface area contributed by atoms with Crippen LogP contribution >= 0.6 is 0 Å². The molecule has 2 rings (SSSR count). The lowest BCUT2D eigenvalue weighted by molar-refractivity contribution is -0.129. The molecule has 0 radical (unpaired) electrons. The van der Waals surface area contributed by atoms with Gasteiger partial charge in [0, 0.05) is 12.3 Å². The summed E-state index contributed by atoms with van der Waals surface area (Å²) < 4.78 is 0. The van der Waals surface area contributed by atoms with Crippen LogP contribution in [0.4, 0.5) is 0 Å². The molecule has 19 heavy (non-hydrogen) atoms. The maximum atomic E-state index is 12.1. The smallest absolute Gasteiger partial charge is 0.136 e. The summed E-state index contributed by atoms with van der Waals surface area (Å²) in [5.41, 5.74) is 0.226. The van der Waals surface area contributed by atoms with Crippen LogP contribution in [-0.2, 0) is 4.79 Å². The van der Waals surface area contributed by atoms with Gasteiger partial charge in [-0.05, 0) is 56.3 Å². The van der Waals surface area contributed by atoms with Crippen molar-refractivity contribution in [3.8, 4) is 0 Å². The third-order valence-electron chi connectivity index (χ3n) is 5.49.